The average Bonchev–Trinajstić information content (AvgIpc) is 4.04. The second kappa shape index (κ2) is 18.2. The first-order chi connectivity index (χ1) is 36.7. The smallest absolute Gasteiger partial charge is 0.164 e. The van der Waals surface area contributed by atoms with Crippen molar-refractivity contribution in [3.63, 3.8) is 0 Å². The Morgan fingerprint density at radius 3 is 1.38 bits per heavy atom. The highest BCUT2D eigenvalue weighted by Crippen LogP contribution is 2.46. The monoisotopic (exact) mass is 960 g/mol. The van der Waals surface area contributed by atoms with Gasteiger partial charge in [-0.3, -0.25) is 0 Å². The van der Waals surface area contributed by atoms with Crippen LogP contribution in [0.4, 0.5) is 0 Å². The van der Waals surface area contributed by atoms with Gasteiger partial charge in [-0.2, -0.15) is 0 Å². The van der Waals surface area contributed by atoms with Crippen molar-refractivity contribution in [2.24, 2.45) is 0 Å². The van der Waals surface area contributed by atoms with Gasteiger partial charge in [-0.1, -0.05) is 224 Å². The molecule has 3 heterocycles. The van der Waals surface area contributed by atoms with Crippen molar-refractivity contribution >= 4 is 53.3 Å². The molecule has 0 amide bonds. The quantitative estimate of drug-likeness (QED) is 0.145. The Balaban J connectivity index is 0.946. The summed E-state index contributed by atoms with van der Waals surface area (Å²) in [5.74, 6) is 1.86. The maximum atomic E-state index is 5.32. The number of thiophene rings is 1. The first-order valence-corrected chi connectivity index (χ1v) is 25.8. The lowest BCUT2D eigenvalue weighted by Gasteiger charge is -2.15. The van der Waals surface area contributed by atoms with Gasteiger partial charge in [0.2, 0.25) is 0 Å². The van der Waals surface area contributed by atoms with Crippen molar-refractivity contribution in [2.45, 2.75) is 0 Å². The lowest BCUT2D eigenvalue weighted by Crippen LogP contribution is -2.01. The third kappa shape index (κ3) is 7.66. The molecule has 4 nitrogen and oxygen atoms in total. The molecule has 0 atom stereocenters. The highest BCUT2D eigenvalue weighted by Gasteiger charge is 2.21. The molecular weight excluding hydrogens is 917 g/mol. The highest BCUT2D eigenvalue weighted by atomic mass is 32.1. The van der Waals surface area contributed by atoms with Crippen LogP contribution in [-0.4, -0.2) is 19.5 Å². The predicted molar refractivity (Wildman–Crippen MR) is 311 cm³/mol. The molecule has 0 saturated carbocycles. The molecule has 3 aromatic heterocycles. The largest absolute Gasteiger partial charge is 0.308 e. The normalized spacial score (nSPS) is 11.5. The molecule has 0 spiro atoms. The highest BCUT2D eigenvalue weighted by molar-refractivity contribution is 7.26. The Morgan fingerprint density at radius 1 is 0.270 bits per heavy atom. The van der Waals surface area contributed by atoms with Gasteiger partial charge >= 0.3 is 0 Å². The van der Waals surface area contributed by atoms with E-state index in [1.165, 1.54) is 69.8 Å². The zero-order valence-corrected chi connectivity index (χ0v) is 40.9. The van der Waals surface area contributed by atoms with Gasteiger partial charge in [0.15, 0.2) is 17.5 Å². The minimum atomic E-state index is 0.612. The number of fused-ring (bicyclic) bond motifs is 7. The zero-order chi connectivity index (χ0) is 49.0. The maximum absolute atomic E-state index is 5.32. The van der Waals surface area contributed by atoms with E-state index in [-0.39, 0.29) is 0 Å². The molecule has 0 bridgehead atoms. The number of nitrogens with zero attached hydrogens (tertiary/aromatic N) is 4. The SMILES string of the molecule is c1ccc(-c2ccc(-c3ccccc3)c(-c3ccc(-c4ccc(-c5ccc6sc7c(ccc8c9ccccc9n(-c9ccccc9)c87)c6c5)c(-c5nc(-c6ccccc6)nc(-c6ccccc6)n5)c4)cc3)c2)cc1. The number of aromatic nitrogens is 4. The summed E-state index contributed by atoms with van der Waals surface area (Å²) < 4.78 is 4.95. The van der Waals surface area contributed by atoms with E-state index in [1.54, 1.807) is 0 Å². The fraction of sp³-hybridized carbons (Fsp3) is 0. The standard InChI is InChI=1S/C69H44N4S/c1-6-18-45(19-7-1)51-34-37-55(47-20-8-2-9-21-47)60(42-51)48-32-30-46(31-33-48)52-35-38-56(62(43-52)69-71-67(49-22-10-3-11-23-49)70-68(72-69)50-24-12-4-13-25-50)53-36-41-64-61(44-53)59-40-39-58-57-28-16-17-29-63(57)73(65(58)66(59)74-64)54-26-14-5-15-27-54/h1-44H. The molecule has 11 aromatic carbocycles. The summed E-state index contributed by atoms with van der Waals surface area (Å²) in [6, 6.07) is 95.4. The summed E-state index contributed by atoms with van der Waals surface area (Å²) in [5, 5.41) is 4.96. The van der Waals surface area contributed by atoms with Crippen molar-refractivity contribution < 1.29 is 0 Å². The fourth-order valence-corrected chi connectivity index (χ4v) is 11.9. The number of benzene rings is 11. The summed E-state index contributed by atoms with van der Waals surface area (Å²) in [7, 11) is 0. The van der Waals surface area contributed by atoms with Crippen LogP contribution in [0.25, 0.3) is 137 Å². The molecule has 14 aromatic rings. The molecule has 0 aliphatic carbocycles. The predicted octanol–water partition coefficient (Wildman–Crippen LogP) is 18.7. The molecule has 0 N–H and O–H groups in total. The van der Waals surface area contributed by atoms with Crippen LogP contribution in [0.3, 0.4) is 0 Å². The van der Waals surface area contributed by atoms with Gasteiger partial charge in [-0.15, -0.1) is 11.3 Å². The van der Waals surface area contributed by atoms with Crippen LogP contribution < -0.4 is 0 Å². The van der Waals surface area contributed by atoms with Gasteiger partial charge in [-0.05, 0) is 98.1 Å². The minimum Gasteiger partial charge on any atom is -0.308 e. The molecule has 5 heteroatoms. The molecule has 0 aliphatic rings. The van der Waals surface area contributed by atoms with Gasteiger partial charge in [-0.25, -0.2) is 15.0 Å². The number of hydrogen-bond acceptors (Lipinski definition) is 4. The molecule has 0 saturated heterocycles. The summed E-state index contributed by atoms with van der Waals surface area (Å²) in [6.07, 6.45) is 0. The third-order valence-electron chi connectivity index (χ3n) is 14.3. The maximum Gasteiger partial charge on any atom is 0.164 e. The zero-order valence-electron chi connectivity index (χ0n) is 40.1. The number of hydrogen-bond donors (Lipinski definition) is 0. The van der Waals surface area contributed by atoms with Gasteiger partial charge < -0.3 is 4.57 Å². The molecule has 346 valence electrons. The van der Waals surface area contributed by atoms with Crippen molar-refractivity contribution in [2.75, 3.05) is 0 Å². The number of para-hydroxylation sites is 2. The Hall–Kier alpha value is -9.55. The second-order valence-electron chi connectivity index (χ2n) is 18.7. The Bertz CT molecular complexity index is 4320. The van der Waals surface area contributed by atoms with E-state index < -0.39 is 0 Å². The van der Waals surface area contributed by atoms with E-state index in [1.807, 2.05) is 47.7 Å². The van der Waals surface area contributed by atoms with Crippen molar-refractivity contribution in [3.8, 4) is 95.5 Å². The van der Waals surface area contributed by atoms with E-state index in [2.05, 4.69) is 235 Å². The first kappa shape index (κ1) is 43.3. The summed E-state index contributed by atoms with van der Waals surface area (Å²) in [4.78, 5) is 15.7. The van der Waals surface area contributed by atoms with Crippen LogP contribution in [0, 0.1) is 0 Å². The van der Waals surface area contributed by atoms with Crippen LogP contribution >= 0.6 is 11.3 Å². The second-order valence-corrected chi connectivity index (χ2v) is 19.8. The Morgan fingerprint density at radius 2 is 0.730 bits per heavy atom. The molecule has 0 fully saturated rings. The van der Waals surface area contributed by atoms with Crippen LogP contribution in [0.1, 0.15) is 0 Å². The van der Waals surface area contributed by atoms with E-state index in [4.69, 9.17) is 15.0 Å². The van der Waals surface area contributed by atoms with Gasteiger partial charge in [0.25, 0.3) is 0 Å². The van der Waals surface area contributed by atoms with Crippen molar-refractivity contribution in [1.82, 2.24) is 19.5 Å². The summed E-state index contributed by atoms with van der Waals surface area (Å²) in [5.41, 5.74) is 17.8. The molecule has 0 radical (unpaired) electrons. The van der Waals surface area contributed by atoms with E-state index in [9.17, 15) is 0 Å². The molecule has 0 aliphatic heterocycles. The molecule has 74 heavy (non-hydrogen) atoms. The van der Waals surface area contributed by atoms with Crippen LogP contribution in [0.15, 0.2) is 267 Å². The van der Waals surface area contributed by atoms with E-state index >= 15 is 0 Å². The lowest BCUT2D eigenvalue weighted by atomic mass is 9.89. The molecular formula is C69H44N4S. The van der Waals surface area contributed by atoms with Crippen LogP contribution in [0.5, 0.6) is 0 Å². The van der Waals surface area contributed by atoms with E-state index in [0.29, 0.717) is 17.5 Å². The average molecular weight is 961 g/mol. The molecule has 14 rings (SSSR count). The fourth-order valence-electron chi connectivity index (χ4n) is 10.7. The summed E-state index contributed by atoms with van der Waals surface area (Å²) >= 11 is 1.86. The van der Waals surface area contributed by atoms with Gasteiger partial charge in [0.05, 0.1) is 15.7 Å². The Kier molecular flexibility index (Phi) is 10.7. The van der Waals surface area contributed by atoms with Gasteiger partial charge in [0.1, 0.15) is 0 Å². The van der Waals surface area contributed by atoms with Crippen LogP contribution in [0.2, 0.25) is 0 Å². The van der Waals surface area contributed by atoms with Crippen molar-refractivity contribution in [1.29, 1.82) is 0 Å². The summed E-state index contributed by atoms with van der Waals surface area (Å²) in [6.45, 7) is 0. The van der Waals surface area contributed by atoms with Crippen LogP contribution in [-0.2, 0) is 0 Å². The first-order valence-electron chi connectivity index (χ1n) is 25.0. The molecule has 0 unspecified atom stereocenters. The lowest BCUT2D eigenvalue weighted by molar-refractivity contribution is 1.07. The Labute approximate surface area is 432 Å². The number of rotatable bonds is 9. The van der Waals surface area contributed by atoms with Gasteiger partial charge in [0, 0.05) is 48.6 Å². The van der Waals surface area contributed by atoms with Crippen molar-refractivity contribution in [3.05, 3.63) is 267 Å². The van der Waals surface area contributed by atoms with E-state index in [0.717, 1.165) is 50.2 Å². The minimum absolute atomic E-state index is 0.612. The topological polar surface area (TPSA) is 43.6 Å². The third-order valence-corrected chi connectivity index (χ3v) is 15.5.